The summed E-state index contributed by atoms with van der Waals surface area (Å²) in [6, 6.07) is 0. The number of hydrogen-bond donors (Lipinski definition) is 1. The first kappa shape index (κ1) is 13.8. The van der Waals surface area contributed by atoms with E-state index in [1.54, 1.807) is 0 Å². The zero-order valence-corrected chi connectivity index (χ0v) is 12.2. The molecule has 19 heavy (non-hydrogen) atoms. The van der Waals surface area contributed by atoms with E-state index in [2.05, 4.69) is 6.92 Å². The summed E-state index contributed by atoms with van der Waals surface area (Å²) in [7, 11) is 0. The van der Waals surface area contributed by atoms with Gasteiger partial charge in [-0.25, -0.2) is 0 Å². The van der Waals surface area contributed by atoms with E-state index in [-0.39, 0.29) is 5.60 Å². The molecule has 3 nitrogen and oxygen atoms in total. The number of rotatable bonds is 2. The topological polar surface area (TPSA) is 38.7 Å². The largest absolute Gasteiger partial charge is 0.389 e. The Morgan fingerprint density at radius 3 is 2.63 bits per heavy atom. The van der Waals surface area contributed by atoms with Crippen molar-refractivity contribution in [2.45, 2.75) is 69.5 Å². The van der Waals surface area contributed by atoms with Gasteiger partial charge < -0.3 is 14.6 Å². The first-order valence-corrected chi connectivity index (χ1v) is 8.13. The van der Waals surface area contributed by atoms with Crippen molar-refractivity contribution in [3.05, 3.63) is 0 Å². The highest BCUT2D eigenvalue weighted by Gasteiger charge is 2.51. The van der Waals surface area contributed by atoms with Crippen LogP contribution in [0.25, 0.3) is 0 Å². The van der Waals surface area contributed by atoms with Crippen molar-refractivity contribution in [1.29, 1.82) is 0 Å². The molecule has 0 aromatic heterocycles. The Morgan fingerprint density at radius 2 is 1.89 bits per heavy atom. The van der Waals surface area contributed by atoms with Gasteiger partial charge in [0.25, 0.3) is 0 Å². The van der Waals surface area contributed by atoms with Crippen molar-refractivity contribution in [2.75, 3.05) is 19.8 Å². The summed E-state index contributed by atoms with van der Waals surface area (Å²) >= 11 is 0. The van der Waals surface area contributed by atoms with Gasteiger partial charge >= 0.3 is 0 Å². The highest BCUT2D eigenvalue weighted by Crippen LogP contribution is 2.49. The van der Waals surface area contributed by atoms with E-state index >= 15 is 0 Å². The van der Waals surface area contributed by atoms with Gasteiger partial charge in [-0.1, -0.05) is 19.8 Å². The van der Waals surface area contributed by atoms with E-state index in [9.17, 15) is 5.11 Å². The van der Waals surface area contributed by atoms with Gasteiger partial charge in [0.05, 0.1) is 11.2 Å². The molecular formula is C16H28O3. The maximum atomic E-state index is 11.2. The zero-order valence-electron chi connectivity index (χ0n) is 12.2. The molecule has 1 saturated carbocycles. The molecule has 3 unspecified atom stereocenters. The minimum atomic E-state index is -0.413. The lowest BCUT2D eigenvalue weighted by Crippen LogP contribution is -2.52. The molecule has 3 rings (SSSR count). The van der Waals surface area contributed by atoms with Gasteiger partial charge in [-0.3, -0.25) is 0 Å². The van der Waals surface area contributed by atoms with Gasteiger partial charge in [0, 0.05) is 19.8 Å². The van der Waals surface area contributed by atoms with Crippen LogP contribution in [0, 0.1) is 11.8 Å². The van der Waals surface area contributed by atoms with E-state index < -0.39 is 5.60 Å². The molecule has 2 aliphatic heterocycles. The molecule has 1 aliphatic carbocycles. The lowest BCUT2D eigenvalue weighted by molar-refractivity contribution is -0.181. The summed E-state index contributed by atoms with van der Waals surface area (Å²) in [6.07, 6.45) is 8.63. The first-order chi connectivity index (χ1) is 9.19. The maximum absolute atomic E-state index is 11.2. The van der Waals surface area contributed by atoms with Crippen LogP contribution in [0.5, 0.6) is 0 Å². The van der Waals surface area contributed by atoms with Crippen molar-refractivity contribution in [1.82, 2.24) is 0 Å². The van der Waals surface area contributed by atoms with Crippen molar-refractivity contribution in [3.8, 4) is 0 Å². The molecule has 2 heterocycles. The number of hydrogen-bond acceptors (Lipinski definition) is 3. The van der Waals surface area contributed by atoms with Gasteiger partial charge in [-0.05, 0) is 50.4 Å². The predicted octanol–water partition coefficient (Wildman–Crippen LogP) is 2.90. The molecule has 0 aromatic rings. The normalized spacial score (nSPS) is 42.6. The van der Waals surface area contributed by atoms with E-state index in [0.717, 1.165) is 58.3 Å². The molecule has 0 bridgehead atoms. The Labute approximate surface area is 116 Å². The minimum Gasteiger partial charge on any atom is -0.389 e. The van der Waals surface area contributed by atoms with Crippen LogP contribution in [0.3, 0.4) is 0 Å². The highest BCUT2D eigenvalue weighted by atomic mass is 16.5. The number of aliphatic hydroxyl groups is 1. The molecule has 1 spiro atoms. The van der Waals surface area contributed by atoms with Crippen LogP contribution in [0.2, 0.25) is 0 Å². The maximum Gasteiger partial charge on any atom is 0.0730 e. The molecular weight excluding hydrogens is 240 g/mol. The van der Waals surface area contributed by atoms with Crippen molar-refractivity contribution < 1.29 is 14.6 Å². The van der Waals surface area contributed by atoms with Crippen LogP contribution in [-0.4, -0.2) is 36.1 Å². The molecule has 110 valence electrons. The number of ether oxygens (including phenoxy) is 2. The Bertz CT molecular complexity index is 306. The Balaban J connectivity index is 1.74. The minimum absolute atomic E-state index is 0.0117. The van der Waals surface area contributed by atoms with Gasteiger partial charge in [0.1, 0.15) is 0 Å². The highest BCUT2D eigenvalue weighted by molar-refractivity contribution is 5.01. The van der Waals surface area contributed by atoms with E-state index in [1.165, 1.54) is 12.8 Å². The quantitative estimate of drug-likeness (QED) is 0.837. The van der Waals surface area contributed by atoms with Crippen LogP contribution in [0.4, 0.5) is 0 Å². The fourth-order valence-electron chi connectivity index (χ4n) is 4.73. The van der Waals surface area contributed by atoms with Crippen molar-refractivity contribution in [2.24, 2.45) is 11.8 Å². The fraction of sp³-hybridized carbons (Fsp3) is 1.00. The van der Waals surface area contributed by atoms with Crippen LogP contribution >= 0.6 is 0 Å². The monoisotopic (exact) mass is 268 g/mol. The third-order valence-electron chi connectivity index (χ3n) is 5.93. The molecule has 3 atom stereocenters. The van der Waals surface area contributed by atoms with Gasteiger partial charge in [0.2, 0.25) is 0 Å². The first-order valence-electron chi connectivity index (χ1n) is 8.13. The summed E-state index contributed by atoms with van der Waals surface area (Å²) in [4.78, 5) is 0. The Morgan fingerprint density at radius 1 is 1.11 bits per heavy atom. The third kappa shape index (κ3) is 2.45. The lowest BCUT2D eigenvalue weighted by atomic mass is 9.69. The predicted molar refractivity (Wildman–Crippen MR) is 74.0 cm³/mol. The van der Waals surface area contributed by atoms with Crippen LogP contribution in [0.15, 0.2) is 0 Å². The molecule has 1 N–H and O–H groups in total. The molecule has 3 fully saturated rings. The van der Waals surface area contributed by atoms with E-state index in [4.69, 9.17) is 9.47 Å². The molecule has 0 amide bonds. The van der Waals surface area contributed by atoms with E-state index in [1.807, 2.05) is 0 Å². The third-order valence-corrected chi connectivity index (χ3v) is 5.93. The zero-order chi connectivity index (χ0) is 13.3. The smallest absolute Gasteiger partial charge is 0.0730 e. The second kappa shape index (κ2) is 5.34. The summed E-state index contributed by atoms with van der Waals surface area (Å²) in [6.45, 7) is 4.69. The molecule has 0 aromatic carbocycles. The van der Waals surface area contributed by atoms with Crippen LogP contribution < -0.4 is 0 Å². The van der Waals surface area contributed by atoms with Crippen LogP contribution in [-0.2, 0) is 9.47 Å². The van der Waals surface area contributed by atoms with E-state index in [0.29, 0.717) is 11.8 Å². The van der Waals surface area contributed by atoms with Crippen molar-refractivity contribution in [3.63, 3.8) is 0 Å². The average molecular weight is 268 g/mol. The fourth-order valence-corrected chi connectivity index (χ4v) is 4.73. The van der Waals surface area contributed by atoms with Gasteiger partial charge in [-0.2, -0.15) is 0 Å². The van der Waals surface area contributed by atoms with Crippen LogP contribution in [0.1, 0.15) is 58.3 Å². The Hall–Kier alpha value is -0.120. The second-order valence-corrected chi connectivity index (χ2v) is 6.82. The summed E-state index contributed by atoms with van der Waals surface area (Å²) in [5, 5.41) is 11.2. The van der Waals surface area contributed by atoms with Gasteiger partial charge in [-0.15, -0.1) is 0 Å². The SMILES string of the molecule is CCC1CCCC1(O)C1CCOC2(CCOCC2)C1. The summed E-state index contributed by atoms with van der Waals surface area (Å²) in [5.74, 6) is 0.944. The molecule has 3 heteroatoms. The van der Waals surface area contributed by atoms with Gasteiger partial charge in [0.15, 0.2) is 0 Å². The average Bonchev–Trinajstić information content (AvgIpc) is 2.82. The van der Waals surface area contributed by atoms with Crippen molar-refractivity contribution >= 4 is 0 Å². The molecule has 0 radical (unpaired) electrons. The standard InChI is InChI=1S/C16H28O3/c1-2-13-4-3-6-16(13,17)14-5-9-19-15(12-14)7-10-18-11-8-15/h13-14,17H,2-12H2,1H3. The summed E-state index contributed by atoms with van der Waals surface area (Å²) in [5.41, 5.74) is -0.401. The summed E-state index contributed by atoms with van der Waals surface area (Å²) < 4.78 is 11.6. The molecule has 2 saturated heterocycles. The second-order valence-electron chi connectivity index (χ2n) is 6.82. The molecule has 3 aliphatic rings. The Kier molecular flexibility index (Phi) is 3.89. The lowest BCUT2D eigenvalue weighted by Gasteiger charge is -2.48.